The van der Waals surface area contributed by atoms with Crippen molar-refractivity contribution in [2.45, 2.75) is 0 Å². The van der Waals surface area contributed by atoms with E-state index in [2.05, 4.69) is 4.72 Å². The molecule has 0 fully saturated rings. The molecule has 0 aromatic rings. The standard InChI is InChI=1S/C4H11NO4S/c6-2-4-9-3-1-5-10(7)8/h6,10H,1-4H2,(H,5,7,8). The molecule has 0 rings (SSSR count). The molecule has 5 nitrogen and oxygen atoms in total. The molecular formula is C4H11NO4S. The lowest BCUT2D eigenvalue weighted by Crippen LogP contribution is -2.18. The highest BCUT2D eigenvalue weighted by molar-refractivity contribution is 7.70. The van der Waals surface area contributed by atoms with Crippen molar-refractivity contribution in [1.29, 1.82) is 0 Å². The maximum atomic E-state index is 9.85. The highest BCUT2D eigenvalue weighted by atomic mass is 32.2. The van der Waals surface area contributed by atoms with Crippen LogP contribution in [-0.4, -0.2) is 39.9 Å². The van der Waals surface area contributed by atoms with Gasteiger partial charge >= 0.3 is 0 Å². The SMILES string of the molecule is O=[SH](=O)NCCOCCO. The summed E-state index contributed by atoms with van der Waals surface area (Å²) in [6.45, 7) is 0.767. The number of hydrogen-bond donors (Lipinski definition) is 3. The van der Waals surface area contributed by atoms with E-state index >= 15 is 0 Å². The molecule has 0 aromatic heterocycles. The van der Waals surface area contributed by atoms with Crippen LogP contribution >= 0.6 is 0 Å². The van der Waals surface area contributed by atoms with Gasteiger partial charge in [0.05, 0.1) is 19.8 Å². The van der Waals surface area contributed by atoms with Gasteiger partial charge in [0.2, 0.25) is 10.9 Å². The van der Waals surface area contributed by atoms with Crippen molar-refractivity contribution < 1.29 is 18.3 Å². The van der Waals surface area contributed by atoms with Gasteiger partial charge in [-0.1, -0.05) is 0 Å². The van der Waals surface area contributed by atoms with Crippen LogP contribution in [0.5, 0.6) is 0 Å². The van der Waals surface area contributed by atoms with Gasteiger partial charge in [0.25, 0.3) is 0 Å². The fraction of sp³-hybridized carbons (Fsp3) is 1.00. The third-order valence-corrected chi connectivity index (χ3v) is 1.20. The zero-order chi connectivity index (χ0) is 7.82. The lowest BCUT2D eigenvalue weighted by Gasteiger charge is -1.98. The van der Waals surface area contributed by atoms with Crippen LogP contribution in [0.15, 0.2) is 0 Å². The number of ether oxygens (including phenoxy) is 1. The summed E-state index contributed by atoms with van der Waals surface area (Å²) < 4.78 is 26.6. The molecule has 0 aromatic carbocycles. The first kappa shape index (κ1) is 9.83. The molecule has 6 heteroatoms. The lowest BCUT2D eigenvalue weighted by atomic mass is 10.7. The second-order valence-corrected chi connectivity index (χ2v) is 2.33. The van der Waals surface area contributed by atoms with Crippen molar-refractivity contribution >= 4 is 10.9 Å². The number of aliphatic hydroxyl groups excluding tert-OH is 1. The first-order valence-corrected chi connectivity index (χ1v) is 4.01. The molecule has 0 bridgehead atoms. The molecule has 0 unspecified atom stereocenters. The van der Waals surface area contributed by atoms with Gasteiger partial charge in [0, 0.05) is 6.54 Å². The molecule has 2 N–H and O–H groups in total. The van der Waals surface area contributed by atoms with Gasteiger partial charge < -0.3 is 9.84 Å². The van der Waals surface area contributed by atoms with Crippen LogP contribution in [-0.2, 0) is 15.6 Å². The predicted molar refractivity (Wildman–Crippen MR) is 36.2 cm³/mol. The Morgan fingerprint density at radius 3 is 2.60 bits per heavy atom. The van der Waals surface area contributed by atoms with E-state index in [1.54, 1.807) is 0 Å². The minimum Gasteiger partial charge on any atom is -0.394 e. The molecule has 0 heterocycles. The van der Waals surface area contributed by atoms with E-state index in [1.807, 2.05) is 0 Å². The molecule has 0 aliphatic rings. The molecular weight excluding hydrogens is 158 g/mol. The number of rotatable bonds is 6. The molecule has 0 saturated carbocycles. The van der Waals surface area contributed by atoms with Crippen molar-refractivity contribution in [1.82, 2.24) is 4.72 Å². The minimum absolute atomic E-state index is 0.0382. The van der Waals surface area contributed by atoms with Gasteiger partial charge in [-0.05, 0) is 0 Å². The average molecular weight is 169 g/mol. The van der Waals surface area contributed by atoms with E-state index in [-0.39, 0.29) is 19.8 Å². The minimum atomic E-state index is -2.51. The van der Waals surface area contributed by atoms with E-state index < -0.39 is 10.9 Å². The van der Waals surface area contributed by atoms with E-state index in [0.29, 0.717) is 6.61 Å². The highest BCUT2D eigenvalue weighted by Crippen LogP contribution is 1.70. The molecule has 0 aliphatic carbocycles. The topological polar surface area (TPSA) is 75.6 Å². The van der Waals surface area contributed by atoms with Gasteiger partial charge in [-0.15, -0.1) is 0 Å². The van der Waals surface area contributed by atoms with Crippen LogP contribution in [0.4, 0.5) is 0 Å². The summed E-state index contributed by atoms with van der Waals surface area (Å²) in [7, 11) is -2.51. The fourth-order valence-electron chi connectivity index (χ4n) is 0.376. The summed E-state index contributed by atoms with van der Waals surface area (Å²) in [6, 6.07) is 0. The zero-order valence-electron chi connectivity index (χ0n) is 5.45. The molecule has 0 spiro atoms. The summed E-state index contributed by atoms with van der Waals surface area (Å²) in [4.78, 5) is 0. The molecule has 0 atom stereocenters. The molecule has 10 heavy (non-hydrogen) atoms. The molecule has 62 valence electrons. The van der Waals surface area contributed by atoms with Crippen LogP contribution in [0.3, 0.4) is 0 Å². The van der Waals surface area contributed by atoms with E-state index in [9.17, 15) is 8.42 Å². The Kier molecular flexibility index (Phi) is 6.83. The quantitative estimate of drug-likeness (QED) is 0.321. The zero-order valence-corrected chi connectivity index (χ0v) is 6.34. The second kappa shape index (κ2) is 6.94. The molecule has 0 radical (unpaired) electrons. The van der Waals surface area contributed by atoms with Crippen molar-refractivity contribution in [3.8, 4) is 0 Å². The Labute approximate surface area is 61.1 Å². The Hall–Kier alpha value is -0.170. The number of aliphatic hydroxyl groups is 1. The molecule has 0 saturated heterocycles. The van der Waals surface area contributed by atoms with Crippen LogP contribution in [0, 0.1) is 0 Å². The van der Waals surface area contributed by atoms with Crippen molar-refractivity contribution in [2.75, 3.05) is 26.4 Å². The molecule has 0 amide bonds. The Morgan fingerprint density at radius 2 is 2.10 bits per heavy atom. The second-order valence-electron chi connectivity index (χ2n) is 1.50. The fourth-order valence-corrected chi connectivity index (χ4v) is 0.650. The average Bonchev–Trinajstić information content (AvgIpc) is 1.87. The lowest BCUT2D eigenvalue weighted by molar-refractivity contribution is 0.0962. The van der Waals surface area contributed by atoms with Gasteiger partial charge in [-0.3, -0.25) is 0 Å². The van der Waals surface area contributed by atoms with Gasteiger partial charge in [-0.25, -0.2) is 13.1 Å². The van der Waals surface area contributed by atoms with Crippen molar-refractivity contribution in [3.05, 3.63) is 0 Å². The van der Waals surface area contributed by atoms with Crippen LogP contribution in [0.2, 0.25) is 0 Å². The largest absolute Gasteiger partial charge is 0.394 e. The predicted octanol–water partition coefficient (Wildman–Crippen LogP) is -1.89. The maximum absolute atomic E-state index is 9.85. The van der Waals surface area contributed by atoms with Crippen molar-refractivity contribution in [2.24, 2.45) is 0 Å². The number of nitrogens with one attached hydrogen (secondary N) is 1. The number of hydrogen-bond acceptors (Lipinski definition) is 4. The van der Waals surface area contributed by atoms with E-state index in [0.717, 1.165) is 0 Å². The van der Waals surface area contributed by atoms with E-state index in [4.69, 9.17) is 9.84 Å². The third-order valence-electron chi connectivity index (χ3n) is 0.723. The Morgan fingerprint density at radius 1 is 1.40 bits per heavy atom. The van der Waals surface area contributed by atoms with Crippen LogP contribution in [0.1, 0.15) is 0 Å². The first-order chi connectivity index (χ1) is 4.77. The van der Waals surface area contributed by atoms with Crippen molar-refractivity contribution in [3.63, 3.8) is 0 Å². The summed E-state index contributed by atoms with van der Waals surface area (Å²) in [5, 5.41) is 8.21. The highest BCUT2D eigenvalue weighted by Gasteiger charge is 1.86. The summed E-state index contributed by atoms with van der Waals surface area (Å²) in [5.74, 6) is 0. The third kappa shape index (κ3) is 7.83. The normalized spacial score (nSPS) is 10.6. The summed E-state index contributed by atoms with van der Waals surface area (Å²) in [6.07, 6.45) is 0. The Balaban J connectivity index is 2.91. The van der Waals surface area contributed by atoms with Gasteiger partial charge in [0.15, 0.2) is 0 Å². The van der Waals surface area contributed by atoms with Gasteiger partial charge in [-0.2, -0.15) is 0 Å². The van der Waals surface area contributed by atoms with Gasteiger partial charge in [0.1, 0.15) is 0 Å². The molecule has 0 aliphatic heterocycles. The number of thiol groups is 1. The smallest absolute Gasteiger partial charge is 0.201 e. The van der Waals surface area contributed by atoms with Crippen LogP contribution < -0.4 is 4.72 Å². The summed E-state index contributed by atoms with van der Waals surface area (Å²) >= 11 is 0. The summed E-state index contributed by atoms with van der Waals surface area (Å²) in [5.41, 5.74) is 0. The monoisotopic (exact) mass is 169 g/mol. The van der Waals surface area contributed by atoms with E-state index in [1.165, 1.54) is 0 Å². The maximum Gasteiger partial charge on any atom is 0.201 e. The van der Waals surface area contributed by atoms with Crippen LogP contribution in [0.25, 0.3) is 0 Å². The first-order valence-electron chi connectivity index (χ1n) is 2.84. The Bertz CT molecular complexity index is 127.